The molecule has 10 nitrogen and oxygen atoms in total. The molecule has 1 aromatic rings. The first-order chi connectivity index (χ1) is 10.7. The number of carbonyl (C=O) groups is 3. The number of carboxylic acids is 1. The molecular formula is C12H8IN3O7. The van der Waals surface area contributed by atoms with Crippen LogP contribution in [-0.2, 0) is 9.59 Å². The van der Waals surface area contributed by atoms with Crippen molar-refractivity contribution in [2.75, 3.05) is 6.54 Å². The maximum absolute atomic E-state index is 12.0. The van der Waals surface area contributed by atoms with Crippen molar-refractivity contribution in [3.05, 3.63) is 37.1 Å². The summed E-state index contributed by atoms with van der Waals surface area (Å²) < 4.78 is 0.183. The molecule has 1 saturated heterocycles. The molecule has 120 valence electrons. The summed E-state index contributed by atoms with van der Waals surface area (Å²) in [7, 11) is 0. The fraction of sp³-hybridized carbons (Fsp3) is 0.0833. The number of aromatic hydroxyl groups is 1. The van der Waals surface area contributed by atoms with Crippen LogP contribution in [0.15, 0.2) is 17.8 Å². The Hall–Kier alpha value is -2.70. The van der Waals surface area contributed by atoms with Gasteiger partial charge in [-0.25, -0.2) is 9.69 Å². The lowest BCUT2D eigenvalue weighted by atomic mass is 10.1. The van der Waals surface area contributed by atoms with Crippen molar-refractivity contribution in [1.29, 1.82) is 0 Å². The molecule has 0 aromatic heterocycles. The number of halogens is 1. The number of phenols is 1. The minimum atomic E-state index is -1.37. The number of nitrogens with zero attached hydrogens (tertiary/aromatic N) is 2. The Morgan fingerprint density at radius 2 is 2.09 bits per heavy atom. The molecule has 0 atom stereocenters. The highest BCUT2D eigenvalue weighted by Gasteiger charge is 2.35. The average Bonchev–Trinajstić information content (AvgIpc) is 2.70. The summed E-state index contributed by atoms with van der Waals surface area (Å²) in [6, 6.07) is 1.25. The van der Waals surface area contributed by atoms with Crippen LogP contribution in [-0.4, -0.2) is 44.5 Å². The van der Waals surface area contributed by atoms with Gasteiger partial charge < -0.3 is 15.5 Å². The normalized spacial score (nSPS) is 15.9. The molecule has 3 N–H and O–H groups in total. The predicted molar refractivity (Wildman–Crippen MR) is 83.3 cm³/mol. The van der Waals surface area contributed by atoms with E-state index in [2.05, 4.69) is 5.32 Å². The quantitative estimate of drug-likeness (QED) is 0.210. The number of amides is 3. The van der Waals surface area contributed by atoms with Crippen LogP contribution in [0.25, 0.3) is 6.08 Å². The third-order valence-electron chi connectivity index (χ3n) is 2.84. The molecule has 0 aliphatic carbocycles. The van der Waals surface area contributed by atoms with Gasteiger partial charge in [0.2, 0.25) is 0 Å². The molecule has 1 heterocycles. The molecule has 1 aromatic carbocycles. The third kappa shape index (κ3) is 3.39. The first-order valence-corrected chi connectivity index (χ1v) is 7.02. The molecule has 1 fully saturated rings. The second kappa shape index (κ2) is 6.20. The number of hydrogen-bond donors (Lipinski definition) is 3. The fourth-order valence-electron chi connectivity index (χ4n) is 1.83. The van der Waals surface area contributed by atoms with Crippen LogP contribution in [0, 0.1) is 13.7 Å². The van der Waals surface area contributed by atoms with E-state index in [-0.39, 0.29) is 26.3 Å². The zero-order valence-electron chi connectivity index (χ0n) is 11.1. The smallest absolute Gasteiger partial charge is 0.329 e. The van der Waals surface area contributed by atoms with Gasteiger partial charge in [-0.15, -0.1) is 0 Å². The fourth-order valence-corrected chi connectivity index (χ4v) is 2.46. The van der Waals surface area contributed by atoms with Gasteiger partial charge in [-0.05, 0) is 28.7 Å². The van der Waals surface area contributed by atoms with Crippen molar-refractivity contribution in [3.8, 4) is 5.75 Å². The molecular weight excluding hydrogens is 425 g/mol. The van der Waals surface area contributed by atoms with E-state index in [9.17, 15) is 29.6 Å². The summed E-state index contributed by atoms with van der Waals surface area (Å²) in [5.74, 6) is -2.58. The number of carbonyl (C=O) groups excluding carboxylic acids is 2. The molecule has 23 heavy (non-hydrogen) atoms. The summed E-state index contributed by atoms with van der Waals surface area (Å²) in [5.41, 5.74) is -0.648. The molecule has 0 bridgehead atoms. The number of nitro groups is 1. The largest absolute Gasteiger partial charge is 0.506 e. The number of rotatable bonds is 4. The molecule has 0 unspecified atom stereocenters. The van der Waals surface area contributed by atoms with E-state index in [0.29, 0.717) is 4.90 Å². The van der Waals surface area contributed by atoms with Crippen molar-refractivity contribution in [3.63, 3.8) is 0 Å². The van der Waals surface area contributed by atoms with E-state index in [4.69, 9.17) is 5.11 Å². The number of benzene rings is 1. The highest BCUT2D eigenvalue weighted by Crippen LogP contribution is 2.31. The number of nitrogens with one attached hydrogen (secondary N) is 1. The van der Waals surface area contributed by atoms with Crippen LogP contribution in [0.2, 0.25) is 0 Å². The van der Waals surface area contributed by atoms with Gasteiger partial charge in [-0.2, -0.15) is 0 Å². The maximum atomic E-state index is 12.0. The van der Waals surface area contributed by atoms with Crippen LogP contribution in [0.5, 0.6) is 5.75 Å². The number of non-ortho nitro benzene ring substituents is 1. The third-order valence-corrected chi connectivity index (χ3v) is 3.67. The average molecular weight is 433 g/mol. The highest BCUT2D eigenvalue weighted by atomic mass is 127. The standard InChI is InChI=1S/C12H8IN3O7/c13-7-3-6(16(22)23)1-5(10(7)19)2-8-11(20)15(4-9(17)18)12(21)14-8/h1-3,19H,4H2,(H,14,21)(H,17,18)/b8-2+. The SMILES string of the molecule is O=C(O)CN1C(=O)N/C(=C/c2cc([N+](=O)[O-])cc(I)c2O)C1=O. The van der Waals surface area contributed by atoms with Gasteiger partial charge in [0.25, 0.3) is 11.6 Å². The van der Waals surface area contributed by atoms with Gasteiger partial charge in [-0.3, -0.25) is 19.7 Å². The Balaban J connectivity index is 2.43. The minimum absolute atomic E-state index is 0.0515. The van der Waals surface area contributed by atoms with Gasteiger partial charge in [0.05, 0.1) is 8.49 Å². The van der Waals surface area contributed by atoms with Gasteiger partial charge in [0.1, 0.15) is 18.0 Å². The number of hydrogen-bond acceptors (Lipinski definition) is 6. The van der Waals surface area contributed by atoms with Gasteiger partial charge in [0, 0.05) is 17.7 Å². The Kier molecular flexibility index (Phi) is 4.49. The lowest BCUT2D eigenvalue weighted by Gasteiger charge is -2.07. The van der Waals surface area contributed by atoms with Gasteiger partial charge >= 0.3 is 12.0 Å². The molecule has 0 radical (unpaired) electrons. The van der Waals surface area contributed by atoms with Crippen molar-refractivity contribution in [2.24, 2.45) is 0 Å². The molecule has 0 saturated carbocycles. The monoisotopic (exact) mass is 433 g/mol. The van der Waals surface area contributed by atoms with E-state index in [1.807, 2.05) is 0 Å². The highest BCUT2D eigenvalue weighted by molar-refractivity contribution is 14.1. The minimum Gasteiger partial charge on any atom is -0.506 e. The number of imide groups is 1. The first-order valence-electron chi connectivity index (χ1n) is 5.94. The molecule has 2 rings (SSSR count). The summed E-state index contributed by atoms with van der Waals surface area (Å²) in [5, 5.41) is 31.6. The Labute approximate surface area is 141 Å². The maximum Gasteiger partial charge on any atom is 0.329 e. The second-order valence-electron chi connectivity index (χ2n) is 4.40. The van der Waals surface area contributed by atoms with Crippen LogP contribution < -0.4 is 5.32 Å². The Bertz CT molecular complexity index is 774. The van der Waals surface area contributed by atoms with E-state index in [1.54, 1.807) is 22.6 Å². The van der Waals surface area contributed by atoms with Crippen molar-refractivity contribution in [2.45, 2.75) is 0 Å². The number of urea groups is 1. The molecule has 1 aliphatic rings. The van der Waals surface area contributed by atoms with Crippen molar-refractivity contribution in [1.82, 2.24) is 10.2 Å². The summed E-state index contributed by atoms with van der Waals surface area (Å²) in [6.07, 6.45) is 1.05. The van der Waals surface area contributed by atoms with Crippen LogP contribution in [0.1, 0.15) is 5.56 Å². The van der Waals surface area contributed by atoms with E-state index in [1.165, 1.54) is 0 Å². The first kappa shape index (κ1) is 16.7. The predicted octanol–water partition coefficient (Wildman–Crippen LogP) is 0.882. The summed E-state index contributed by atoms with van der Waals surface area (Å²) >= 11 is 1.68. The lowest BCUT2D eigenvalue weighted by Crippen LogP contribution is -2.35. The number of carboxylic acid groups (broad SMARTS) is 1. The van der Waals surface area contributed by atoms with E-state index < -0.39 is 29.4 Å². The number of aliphatic carboxylic acids is 1. The number of phenolic OH excluding ortho intramolecular Hbond substituents is 1. The number of nitro benzene ring substituents is 1. The second-order valence-corrected chi connectivity index (χ2v) is 5.56. The van der Waals surface area contributed by atoms with Gasteiger partial charge in [-0.1, -0.05) is 0 Å². The zero-order valence-corrected chi connectivity index (χ0v) is 13.3. The van der Waals surface area contributed by atoms with Crippen LogP contribution in [0.4, 0.5) is 10.5 Å². The van der Waals surface area contributed by atoms with Crippen LogP contribution in [0.3, 0.4) is 0 Å². The summed E-state index contributed by atoms with van der Waals surface area (Å²) in [6.45, 7) is -0.819. The van der Waals surface area contributed by atoms with Crippen molar-refractivity contribution < 1.29 is 29.5 Å². The molecule has 3 amide bonds. The van der Waals surface area contributed by atoms with Crippen LogP contribution >= 0.6 is 22.6 Å². The molecule has 0 spiro atoms. The van der Waals surface area contributed by atoms with E-state index in [0.717, 1.165) is 18.2 Å². The summed E-state index contributed by atoms with van der Waals surface area (Å²) in [4.78, 5) is 44.8. The van der Waals surface area contributed by atoms with E-state index >= 15 is 0 Å². The molecule has 1 aliphatic heterocycles. The Morgan fingerprint density at radius 1 is 1.43 bits per heavy atom. The lowest BCUT2D eigenvalue weighted by molar-refractivity contribution is -0.385. The molecule has 11 heteroatoms. The Morgan fingerprint density at radius 3 is 2.65 bits per heavy atom. The topological polar surface area (TPSA) is 150 Å². The van der Waals surface area contributed by atoms with Gasteiger partial charge in [0.15, 0.2) is 0 Å². The zero-order chi connectivity index (χ0) is 17.3. The van der Waals surface area contributed by atoms with Crippen molar-refractivity contribution >= 4 is 52.3 Å².